The van der Waals surface area contributed by atoms with Gasteiger partial charge in [-0.15, -0.1) is 0 Å². The van der Waals surface area contributed by atoms with Crippen LogP contribution < -0.4 is 11.2 Å². The highest BCUT2D eigenvalue weighted by atomic mass is 16.5. The minimum atomic E-state index is -0.696. The Morgan fingerprint density at radius 1 is 0.909 bits per heavy atom. The van der Waals surface area contributed by atoms with Crippen LogP contribution in [0.15, 0.2) is 98.9 Å². The Balaban J connectivity index is 1.44. The summed E-state index contributed by atoms with van der Waals surface area (Å²) >= 11 is 0. The summed E-state index contributed by atoms with van der Waals surface area (Å²) in [7, 11) is 0. The zero-order valence-corrected chi connectivity index (χ0v) is 17.4. The summed E-state index contributed by atoms with van der Waals surface area (Å²) < 4.78 is 12.0. The van der Waals surface area contributed by atoms with Gasteiger partial charge in [-0.1, -0.05) is 60.7 Å². The normalized spacial score (nSPS) is 11.0. The number of hydrogen-bond acceptors (Lipinski definition) is 6. The Kier molecular flexibility index (Phi) is 5.28. The molecule has 162 valence electrons. The van der Waals surface area contributed by atoms with Gasteiger partial charge in [-0.3, -0.25) is 4.79 Å². The molecule has 0 fully saturated rings. The first-order valence-electron chi connectivity index (χ1n) is 10.3. The minimum absolute atomic E-state index is 0.00246. The van der Waals surface area contributed by atoms with E-state index >= 15 is 0 Å². The van der Waals surface area contributed by atoms with Crippen molar-refractivity contribution in [3.05, 3.63) is 123 Å². The molecule has 0 aliphatic heterocycles. The van der Waals surface area contributed by atoms with E-state index in [0.29, 0.717) is 16.5 Å². The van der Waals surface area contributed by atoms with Crippen molar-refractivity contribution in [3.63, 3.8) is 0 Å². The Morgan fingerprint density at radius 3 is 2.55 bits per heavy atom. The van der Waals surface area contributed by atoms with Crippen molar-refractivity contribution in [2.45, 2.75) is 13.2 Å². The number of carbonyl (C=O) groups excluding carboxylic acids is 1. The first kappa shape index (κ1) is 20.4. The summed E-state index contributed by atoms with van der Waals surface area (Å²) in [5.74, 6) is -0.696. The average molecular weight is 438 g/mol. The van der Waals surface area contributed by atoms with Gasteiger partial charge in [-0.05, 0) is 28.5 Å². The van der Waals surface area contributed by atoms with Crippen molar-refractivity contribution in [3.8, 4) is 0 Å². The summed E-state index contributed by atoms with van der Waals surface area (Å²) in [5.41, 5.74) is 0.979. The summed E-state index contributed by atoms with van der Waals surface area (Å²) in [6, 6.07) is 24.6. The van der Waals surface area contributed by atoms with Crippen molar-refractivity contribution in [1.82, 2.24) is 9.78 Å². The van der Waals surface area contributed by atoms with Crippen LogP contribution in [0.4, 0.5) is 0 Å². The number of nitrogens with zero attached hydrogens (tertiary/aromatic N) is 2. The number of ether oxygens (including phenoxy) is 1. The molecule has 7 nitrogen and oxygen atoms in total. The SMILES string of the molecule is O=C(OCc1cc(=O)oc2ccc3ccccc3c12)c1ccc(=O)n(Cc2ccccc2)n1. The lowest BCUT2D eigenvalue weighted by Crippen LogP contribution is -2.25. The van der Waals surface area contributed by atoms with Crippen LogP contribution in [0.3, 0.4) is 0 Å². The highest BCUT2D eigenvalue weighted by Gasteiger charge is 2.15. The summed E-state index contributed by atoms with van der Waals surface area (Å²) in [4.78, 5) is 37.0. The number of carbonyl (C=O) groups is 1. The maximum atomic E-state index is 12.7. The molecule has 0 atom stereocenters. The third kappa shape index (κ3) is 4.16. The second kappa shape index (κ2) is 8.55. The van der Waals surface area contributed by atoms with Gasteiger partial charge in [0.2, 0.25) is 0 Å². The van der Waals surface area contributed by atoms with Gasteiger partial charge in [0.25, 0.3) is 5.56 Å². The van der Waals surface area contributed by atoms with Crippen LogP contribution in [-0.4, -0.2) is 15.7 Å². The molecule has 0 bridgehead atoms. The number of hydrogen-bond donors (Lipinski definition) is 0. The third-order valence-electron chi connectivity index (χ3n) is 5.32. The molecule has 2 heterocycles. The van der Waals surface area contributed by atoms with E-state index in [1.54, 1.807) is 6.07 Å². The molecule has 5 aromatic rings. The number of fused-ring (bicyclic) bond motifs is 3. The predicted octanol–water partition coefficient (Wildman–Crippen LogP) is 3.91. The van der Waals surface area contributed by atoms with Gasteiger partial charge in [0.1, 0.15) is 12.2 Å². The van der Waals surface area contributed by atoms with Crippen molar-refractivity contribution in [2.75, 3.05) is 0 Å². The number of rotatable bonds is 5. The van der Waals surface area contributed by atoms with Gasteiger partial charge >= 0.3 is 11.6 Å². The molecule has 0 saturated heterocycles. The number of aromatic nitrogens is 2. The van der Waals surface area contributed by atoms with E-state index in [9.17, 15) is 14.4 Å². The van der Waals surface area contributed by atoms with Gasteiger partial charge in [-0.2, -0.15) is 5.10 Å². The molecular weight excluding hydrogens is 420 g/mol. The van der Waals surface area contributed by atoms with E-state index in [1.165, 1.54) is 22.9 Å². The van der Waals surface area contributed by atoms with E-state index in [4.69, 9.17) is 9.15 Å². The van der Waals surface area contributed by atoms with E-state index in [0.717, 1.165) is 16.3 Å². The zero-order chi connectivity index (χ0) is 22.8. The first-order valence-corrected chi connectivity index (χ1v) is 10.3. The molecule has 0 radical (unpaired) electrons. The maximum Gasteiger partial charge on any atom is 0.359 e. The molecule has 0 amide bonds. The van der Waals surface area contributed by atoms with Gasteiger partial charge in [0.05, 0.1) is 6.54 Å². The van der Waals surface area contributed by atoms with Crippen LogP contribution in [0.2, 0.25) is 0 Å². The van der Waals surface area contributed by atoms with Gasteiger partial charge < -0.3 is 9.15 Å². The van der Waals surface area contributed by atoms with Crippen molar-refractivity contribution in [1.29, 1.82) is 0 Å². The monoisotopic (exact) mass is 438 g/mol. The maximum absolute atomic E-state index is 12.7. The second-order valence-corrected chi connectivity index (χ2v) is 7.53. The molecule has 0 spiro atoms. The van der Waals surface area contributed by atoms with Crippen LogP contribution in [0.5, 0.6) is 0 Å². The lowest BCUT2D eigenvalue weighted by Gasteiger charge is -2.10. The van der Waals surface area contributed by atoms with E-state index < -0.39 is 11.6 Å². The fraction of sp³-hybridized carbons (Fsp3) is 0.0769. The van der Waals surface area contributed by atoms with E-state index in [-0.39, 0.29) is 24.4 Å². The average Bonchev–Trinajstić information content (AvgIpc) is 2.84. The van der Waals surface area contributed by atoms with Crippen LogP contribution in [0.25, 0.3) is 21.7 Å². The van der Waals surface area contributed by atoms with Gasteiger partial charge in [0.15, 0.2) is 5.69 Å². The van der Waals surface area contributed by atoms with Crippen LogP contribution >= 0.6 is 0 Å². The van der Waals surface area contributed by atoms with E-state index in [2.05, 4.69) is 5.10 Å². The molecule has 0 aliphatic rings. The first-order chi connectivity index (χ1) is 16.1. The van der Waals surface area contributed by atoms with Crippen LogP contribution in [-0.2, 0) is 17.9 Å². The summed E-state index contributed by atoms with van der Waals surface area (Å²) in [6.07, 6.45) is 0. The van der Waals surface area contributed by atoms with Gasteiger partial charge in [-0.25, -0.2) is 14.3 Å². The van der Waals surface area contributed by atoms with Crippen LogP contribution in [0, 0.1) is 0 Å². The lowest BCUT2D eigenvalue weighted by molar-refractivity contribution is 0.0463. The molecular formula is C26H18N2O5. The highest BCUT2D eigenvalue weighted by molar-refractivity contribution is 6.07. The quantitative estimate of drug-likeness (QED) is 0.235. The molecule has 3 aromatic carbocycles. The van der Waals surface area contributed by atoms with Crippen molar-refractivity contribution < 1.29 is 13.9 Å². The molecule has 0 unspecified atom stereocenters. The summed E-state index contributed by atoms with van der Waals surface area (Å²) in [5, 5.41) is 6.73. The Bertz CT molecular complexity index is 1600. The molecule has 0 N–H and O–H groups in total. The smallest absolute Gasteiger partial charge is 0.359 e. The van der Waals surface area contributed by atoms with E-state index in [1.807, 2.05) is 60.7 Å². The molecule has 5 rings (SSSR count). The summed E-state index contributed by atoms with van der Waals surface area (Å²) in [6.45, 7) is 0.0889. The fourth-order valence-corrected chi connectivity index (χ4v) is 3.78. The number of benzene rings is 3. The molecule has 33 heavy (non-hydrogen) atoms. The predicted molar refractivity (Wildman–Crippen MR) is 123 cm³/mol. The fourth-order valence-electron chi connectivity index (χ4n) is 3.78. The lowest BCUT2D eigenvalue weighted by atomic mass is 10.0. The van der Waals surface area contributed by atoms with Gasteiger partial charge in [0, 0.05) is 23.1 Å². The van der Waals surface area contributed by atoms with Crippen molar-refractivity contribution >= 4 is 27.7 Å². The molecule has 7 heteroatoms. The molecule has 0 saturated carbocycles. The van der Waals surface area contributed by atoms with Crippen molar-refractivity contribution in [2.24, 2.45) is 0 Å². The standard InChI is InChI=1S/C26H18N2O5/c29-23-13-11-21(27-28(23)15-17-6-2-1-3-7-17)26(31)32-16-19-14-24(30)33-22-12-10-18-8-4-5-9-20(18)25(19)22/h1-14H,15-16H2. The second-order valence-electron chi connectivity index (χ2n) is 7.53. The Morgan fingerprint density at radius 2 is 1.70 bits per heavy atom. The molecule has 2 aromatic heterocycles. The van der Waals surface area contributed by atoms with Crippen LogP contribution in [0.1, 0.15) is 21.6 Å². The minimum Gasteiger partial charge on any atom is -0.456 e. The molecule has 0 aliphatic carbocycles. The Labute approximate surface area is 187 Å². The zero-order valence-electron chi connectivity index (χ0n) is 17.4. The third-order valence-corrected chi connectivity index (χ3v) is 5.32. The highest BCUT2D eigenvalue weighted by Crippen LogP contribution is 2.27. The largest absolute Gasteiger partial charge is 0.456 e. The Hall–Kier alpha value is -4.52. The number of esters is 1. The topological polar surface area (TPSA) is 91.4 Å².